The standard InChI is InChI=1S/C12H18ClNO2S2/c1-2-10-4-3-9-14(10)18(15,16)12-6-5-11(17-12)7-8-13/h5-6,10H,2-4,7-9H2,1H3. The van der Waals surface area contributed by atoms with Gasteiger partial charge in [-0.05, 0) is 37.8 Å². The summed E-state index contributed by atoms with van der Waals surface area (Å²) in [6.45, 7) is 2.70. The molecule has 0 saturated carbocycles. The molecule has 1 aliphatic heterocycles. The normalized spacial score (nSPS) is 21.6. The maximum atomic E-state index is 12.5. The fraction of sp³-hybridized carbons (Fsp3) is 0.667. The van der Waals surface area contributed by atoms with Gasteiger partial charge >= 0.3 is 0 Å². The van der Waals surface area contributed by atoms with Gasteiger partial charge in [-0.1, -0.05) is 6.92 Å². The molecule has 0 N–H and O–H groups in total. The van der Waals surface area contributed by atoms with Crippen molar-refractivity contribution in [2.75, 3.05) is 12.4 Å². The predicted octanol–water partition coefficient (Wildman–Crippen LogP) is 3.09. The Hall–Kier alpha value is -0.100. The molecule has 1 unspecified atom stereocenters. The molecule has 2 heterocycles. The van der Waals surface area contributed by atoms with Gasteiger partial charge in [-0.3, -0.25) is 0 Å². The third kappa shape index (κ3) is 2.74. The van der Waals surface area contributed by atoms with E-state index in [4.69, 9.17) is 11.6 Å². The van der Waals surface area contributed by atoms with Gasteiger partial charge in [0, 0.05) is 23.3 Å². The quantitative estimate of drug-likeness (QED) is 0.784. The number of aryl methyl sites for hydroxylation is 1. The van der Waals surface area contributed by atoms with Gasteiger partial charge in [0.15, 0.2) is 0 Å². The van der Waals surface area contributed by atoms with Crippen molar-refractivity contribution in [2.45, 2.75) is 42.9 Å². The van der Waals surface area contributed by atoms with Crippen LogP contribution in [0.5, 0.6) is 0 Å². The molecule has 2 rings (SSSR count). The lowest BCUT2D eigenvalue weighted by molar-refractivity contribution is 0.380. The van der Waals surface area contributed by atoms with Gasteiger partial charge in [-0.2, -0.15) is 4.31 Å². The van der Waals surface area contributed by atoms with Crippen molar-refractivity contribution in [3.05, 3.63) is 17.0 Å². The zero-order chi connectivity index (χ0) is 13.2. The molecule has 1 aliphatic rings. The van der Waals surface area contributed by atoms with Crippen molar-refractivity contribution >= 4 is 33.0 Å². The van der Waals surface area contributed by atoms with Gasteiger partial charge in [-0.25, -0.2) is 8.42 Å². The van der Waals surface area contributed by atoms with Crippen LogP contribution in [-0.2, 0) is 16.4 Å². The number of nitrogens with zero attached hydrogens (tertiary/aromatic N) is 1. The lowest BCUT2D eigenvalue weighted by Crippen LogP contribution is -2.34. The van der Waals surface area contributed by atoms with E-state index in [-0.39, 0.29) is 6.04 Å². The number of rotatable bonds is 5. The Morgan fingerprint density at radius 3 is 2.94 bits per heavy atom. The van der Waals surface area contributed by atoms with Crippen molar-refractivity contribution in [1.82, 2.24) is 4.31 Å². The van der Waals surface area contributed by atoms with Crippen LogP contribution in [0.15, 0.2) is 16.3 Å². The third-order valence-electron chi connectivity index (χ3n) is 3.34. The summed E-state index contributed by atoms with van der Waals surface area (Å²) in [6, 6.07) is 3.76. The van der Waals surface area contributed by atoms with E-state index in [1.54, 1.807) is 10.4 Å². The molecule has 1 saturated heterocycles. The highest BCUT2D eigenvalue weighted by Crippen LogP contribution is 2.31. The van der Waals surface area contributed by atoms with Crippen LogP contribution in [0.1, 0.15) is 31.1 Å². The zero-order valence-electron chi connectivity index (χ0n) is 10.4. The second-order valence-electron chi connectivity index (χ2n) is 4.48. The summed E-state index contributed by atoms with van der Waals surface area (Å²) in [5.41, 5.74) is 0. The Balaban J connectivity index is 2.24. The SMILES string of the molecule is CCC1CCCN1S(=O)(=O)c1ccc(CCCl)s1. The number of hydrogen-bond acceptors (Lipinski definition) is 3. The van der Waals surface area contributed by atoms with Crippen molar-refractivity contribution in [3.8, 4) is 0 Å². The Labute approximate surface area is 118 Å². The number of halogens is 1. The van der Waals surface area contributed by atoms with E-state index in [2.05, 4.69) is 0 Å². The van der Waals surface area contributed by atoms with E-state index >= 15 is 0 Å². The van der Waals surface area contributed by atoms with E-state index in [9.17, 15) is 8.42 Å². The van der Waals surface area contributed by atoms with Crippen LogP contribution in [0.3, 0.4) is 0 Å². The second-order valence-corrected chi connectivity index (χ2v) is 8.14. The van der Waals surface area contributed by atoms with Crippen molar-refractivity contribution in [2.24, 2.45) is 0 Å². The molecule has 1 fully saturated rings. The first-order chi connectivity index (χ1) is 8.59. The number of sulfonamides is 1. The summed E-state index contributed by atoms with van der Waals surface area (Å²) in [5, 5.41) is 0. The topological polar surface area (TPSA) is 37.4 Å². The van der Waals surface area contributed by atoms with Crippen LogP contribution in [-0.4, -0.2) is 31.2 Å². The molecule has 3 nitrogen and oxygen atoms in total. The highest BCUT2D eigenvalue weighted by Gasteiger charge is 2.34. The first kappa shape index (κ1) is 14.3. The molecule has 0 aliphatic carbocycles. The summed E-state index contributed by atoms with van der Waals surface area (Å²) < 4.78 is 27.2. The smallest absolute Gasteiger partial charge is 0.206 e. The molecule has 102 valence electrons. The van der Waals surface area contributed by atoms with Crippen LogP contribution < -0.4 is 0 Å². The van der Waals surface area contributed by atoms with Crippen LogP contribution in [0, 0.1) is 0 Å². The molecular weight excluding hydrogens is 290 g/mol. The maximum Gasteiger partial charge on any atom is 0.252 e. The average Bonchev–Trinajstić information content (AvgIpc) is 2.97. The van der Waals surface area contributed by atoms with Crippen LogP contribution >= 0.6 is 22.9 Å². The van der Waals surface area contributed by atoms with Crippen LogP contribution in [0.2, 0.25) is 0 Å². The van der Waals surface area contributed by atoms with Gasteiger partial charge in [0.05, 0.1) is 0 Å². The molecule has 0 aromatic carbocycles. The van der Waals surface area contributed by atoms with E-state index in [0.29, 0.717) is 16.6 Å². The molecular formula is C12H18ClNO2S2. The summed E-state index contributed by atoms with van der Waals surface area (Å²) >= 11 is 7.03. The monoisotopic (exact) mass is 307 g/mol. The number of thiophene rings is 1. The first-order valence-corrected chi connectivity index (χ1v) is 9.05. The lowest BCUT2D eigenvalue weighted by Gasteiger charge is -2.21. The fourth-order valence-electron chi connectivity index (χ4n) is 2.37. The Kier molecular flexibility index (Phi) is 4.69. The minimum Gasteiger partial charge on any atom is -0.206 e. The predicted molar refractivity (Wildman–Crippen MR) is 75.9 cm³/mol. The molecule has 1 atom stereocenters. The van der Waals surface area contributed by atoms with Gasteiger partial charge in [0.1, 0.15) is 4.21 Å². The van der Waals surface area contributed by atoms with Crippen LogP contribution in [0.4, 0.5) is 0 Å². The van der Waals surface area contributed by atoms with Gasteiger partial charge < -0.3 is 0 Å². The molecule has 1 aromatic heterocycles. The minimum atomic E-state index is -3.29. The first-order valence-electron chi connectivity index (χ1n) is 6.26. The number of alkyl halides is 1. The molecule has 0 bridgehead atoms. The van der Waals surface area contributed by atoms with E-state index in [1.807, 2.05) is 13.0 Å². The molecule has 0 spiro atoms. The van der Waals surface area contributed by atoms with E-state index in [1.165, 1.54) is 11.3 Å². The Morgan fingerprint density at radius 1 is 1.50 bits per heavy atom. The molecule has 1 aromatic rings. The molecule has 6 heteroatoms. The molecule has 0 radical (unpaired) electrons. The highest BCUT2D eigenvalue weighted by atomic mass is 35.5. The minimum absolute atomic E-state index is 0.175. The summed E-state index contributed by atoms with van der Waals surface area (Å²) in [6.07, 6.45) is 3.57. The van der Waals surface area contributed by atoms with Crippen molar-refractivity contribution < 1.29 is 8.42 Å². The van der Waals surface area contributed by atoms with E-state index < -0.39 is 10.0 Å². The largest absolute Gasteiger partial charge is 0.252 e. The van der Waals surface area contributed by atoms with Crippen LogP contribution in [0.25, 0.3) is 0 Å². The van der Waals surface area contributed by atoms with Gasteiger partial charge in [0.2, 0.25) is 0 Å². The van der Waals surface area contributed by atoms with Crippen molar-refractivity contribution in [3.63, 3.8) is 0 Å². The second kappa shape index (κ2) is 5.90. The summed E-state index contributed by atoms with van der Waals surface area (Å²) in [4.78, 5) is 1.04. The third-order valence-corrected chi connectivity index (χ3v) is 7.09. The Morgan fingerprint density at radius 2 is 2.28 bits per heavy atom. The fourth-order valence-corrected chi connectivity index (χ4v) is 5.94. The van der Waals surface area contributed by atoms with E-state index in [0.717, 1.165) is 30.6 Å². The average molecular weight is 308 g/mol. The summed E-state index contributed by atoms with van der Waals surface area (Å²) in [7, 11) is -3.29. The maximum absolute atomic E-state index is 12.5. The molecule has 0 amide bonds. The number of hydrogen-bond donors (Lipinski definition) is 0. The summed E-state index contributed by atoms with van der Waals surface area (Å²) in [5.74, 6) is 0.529. The van der Waals surface area contributed by atoms with Gasteiger partial charge in [-0.15, -0.1) is 22.9 Å². The van der Waals surface area contributed by atoms with Gasteiger partial charge in [0.25, 0.3) is 10.0 Å². The van der Waals surface area contributed by atoms with Crippen molar-refractivity contribution in [1.29, 1.82) is 0 Å². The molecule has 18 heavy (non-hydrogen) atoms. The zero-order valence-corrected chi connectivity index (χ0v) is 12.8. The Bertz CT molecular complexity index is 498. The lowest BCUT2D eigenvalue weighted by atomic mass is 10.2. The highest BCUT2D eigenvalue weighted by molar-refractivity contribution is 7.91.